The van der Waals surface area contributed by atoms with Crippen LogP contribution in [0.5, 0.6) is 0 Å². The molecule has 2 aromatic carbocycles. The number of halogens is 2. The fourth-order valence-electron chi connectivity index (χ4n) is 3.41. The zero-order valence-electron chi connectivity index (χ0n) is 15.8. The molecule has 4 rings (SSSR count). The Hall–Kier alpha value is -3.07. The molecule has 0 atom stereocenters. The predicted molar refractivity (Wildman–Crippen MR) is 109 cm³/mol. The van der Waals surface area contributed by atoms with Gasteiger partial charge in [-0.3, -0.25) is 9.82 Å². The number of anilines is 1. The summed E-state index contributed by atoms with van der Waals surface area (Å²) in [5, 5.41) is 9.11. The molecule has 0 aliphatic carbocycles. The first-order valence-corrected chi connectivity index (χ1v) is 10.7. The van der Waals surface area contributed by atoms with Gasteiger partial charge in [0.2, 0.25) is 10.0 Å². The van der Waals surface area contributed by atoms with Crippen LogP contribution in [0, 0.1) is 18.6 Å². The molecule has 2 heterocycles. The summed E-state index contributed by atoms with van der Waals surface area (Å²) in [6.07, 6.45) is 3.63. The first-order chi connectivity index (χ1) is 13.8. The second-order valence-corrected chi connectivity index (χ2v) is 8.69. The minimum atomic E-state index is -3.71. The third-order valence-electron chi connectivity index (χ3n) is 4.74. The molecule has 0 fully saturated rings. The Balaban J connectivity index is 1.90. The standard InChI is InChI=1S/C20H18F2N4O2S/c1-3-6-29(27,28)26-17-5-4-16(21)18(19(17)22)13-8-12-9-23-20-15(10-24-25-20)14(12)7-11(13)2/h4-5,7-10,26H,3,6H2,1-2H3,(H,23,24,25). The van der Waals surface area contributed by atoms with Crippen LogP contribution in [0.1, 0.15) is 18.9 Å². The van der Waals surface area contributed by atoms with Crippen molar-refractivity contribution in [1.82, 2.24) is 15.2 Å². The van der Waals surface area contributed by atoms with Gasteiger partial charge in [-0.25, -0.2) is 22.2 Å². The third-order valence-corrected chi connectivity index (χ3v) is 6.21. The average molecular weight is 416 g/mol. The Morgan fingerprint density at radius 2 is 1.93 bits per heavy atom. The largest absolute Gasteiger partial charge is 0.281 e. The van der Waals surface area contributed by atoms with Gasteiger partial charge in [0.25, 0.3) is 0 Å². The molecule has 0 spiro atoms. The maximum Gasteiger partial charge on any atom is 0.232 e. The number of nitrogens with one attached hydrogen (secondary N) is 2. The lowest BCUT2D eigenvalue weighted by Crippen LogP contribution is -2.17. The number of fused-ring (bicyclic) bond motifs is 3. The van der Waals surface area contributed by atoms with E-state index in [2.05, 4.69) is 19.9 Å². The number of H-pyrrole nitrogens is 1. The van der Waals surface area contributed by atoms with Gasteiger partial charge in [0, 0.05) is 17.0 Å². The highest BCUT2D eigenvalue weighted by Crippen LogP contribution is 2.36. The van der Waals surface area contributed by atoms with Crippen molar-refractivity contribution < 1.29 is 17.2 Å². The molecule has 150 valence electrons. The van der Waals surface area contributed by atoms with E-state index in [1.807, 2.05) is 6.07 Å². The Morgan fingerprint density at radius 1 is 1.14 bits per heavy atom. The van der Waals surface area contributed by atoms with Crippen LogP contribution >= 0.6 is 0 Å². The lowest BCUT2D eigenvalue weighted by molar-refractivity contribution is 0.587. The molecule has 0 bridgehead atoms. The molecule has 0 radical (unpaired) electrons. The summed E-state index contributed by atoms with van der Waals surface area (Å²) in [6.45, 7) is 3.45. The number of aryl methyl sites for hydroxylation is 1. The van der Waals surface area contributed by atoms with Crippen LogP contribution in [0.25, 0.3) is 32.9 Å². The number of nitrogens with zero attached hydrogens (tertiary/aromatic N) is 2. The minimum Gasteiger partial charge on any atom is -0.281 e. The van der Waals surface area contributed by atoms with Gasteiger partial charge in [-0.05, 0) is 54.1 Å². The number of sulfonamides is 1. The van der Waals surface area contributed by atoms with Crippen molar-refractivity contribution in [3.63, 3.8) is 0 Å². The van der Waals surface area contributed by atoms with Gasteiger partial charge in [-0.1, -0.05) is 6.92 Å². The molecular weight excluding hydrogens is 398 g/mol. The molecule has 9 heteroatoms. The lowest BCUT2D eigenvalue weighted by atomic mass is 9.95. The summed E-state index contributed by atoms with van der Waals surface area (Å²) >= 11 is 0. The number of benzene rings is 2. The van der Waals surface area contributed by atoms with E-state index >= 15 is 4.39 Å². The Labute approximate surface area is 166 Å². The molecule has 0 saturated carbocycles. The van der Waals surface area contributed by atoms with E-state index in [0.717, 1.165) is 22.9 Å². The number of pyridine rings is 1. The Bertz CT molecular complexity index is 1350. The van der Waals surface area contributed by atoms with E-state index in [4.69, 9.17) is 0 Å². The first kappa shape index (κ1) is 19.3. The Kier molecular flexibility index (Phi) is 4.70. The quantitative estimate of drug-likeness (QED) is 0.501. The normalized spacial score (nSPS) is 12.0. The smallest absolute Gasteiger partial charge is 0.232 e. The van der Waals surface area contributed by atoms with Gasteiger partial charge in [0.1, 0.15) is 5.82 Å². The lowest BCUT2D eigenvalue weighted by Gasteiger charge is -2.14. The van der Waals surface area contributed by atoms with Crippen molar-refractivity contribution in [1.29, 1.82) is 0 Å². The van der Waals surface area contributed by atoms with E-state index in [1.54, 1.807) is 32.3 Å². The Morgan fingerprint density at radius 3 is 2.69 bits per heavy atom. The molecule has 0 aliphatic rings. The fourth-order valence-corrected chi connectivity index (χ4v) is 4.54. The number of rotatable bonds is 5. The summed E-state index contributed by atoms with van der Waals surface area (Å²) in [6, 6.07) is 5.62. The van der Waals surface area contributed by atoms with Crippen LogP contribution in [-0.2, 0) is 10.0 Å². The van der Waals surface area contributed by atoms with Crippen molar-refractivity contribution in [2.75, 3.05) is 10.5 Å². The van der Waals surface area contributed by atoms with E-state index < -0.39 is 21.7 Å². The van der Waals surface area contributed by atoms with Gasteiger partial charge in [-0.15, -0.1) is 0 Å². The predicted octanol–water partition coefficient (Wildman–Crippen LogP) is 4.52. The molecule has 0 saturated heterocycles. The fraction of sp³-hybridized carbons (Fsp3) is 0.200. The second-order valence-electron chi connectivity index (χ2n) is 6.85. The summed E-state index contributed by atoms with van der Waals surface area (Å²) in [7, 11) is -3.71. The maximum atomic E-state index is 15.2. The summed E-state index contributed by atoms with van der Waals surface area (Å²) in [5.74, 6) is -1.88. The second kappa shape index (κ2) is 7.07. The number of hydrogen-bond acceptors (Lipinski definition) is 4. The third kappa shape index (κ3) is 3.42. The summed E-state index contributed by atoms with van der Waals surface area (Å²) < 4.78 is 56.1. The zero-order valence-corrected chi connectivity index (χ0v) is 16.6. The number of hydrogen-bond donors (Lipinski definition) is 2. The number of aromatic nitrogens is 3. The number of aromatic amines is 1. The van der Waals surface area contributed by atoms with Crippen LogP contribution in [0.15, 0.2) is 36.7 Å². The average Bonchev–Trinajstić information content (AvgIpc) is 3.14. The van der Waals surface area contributed by atoms with Crippen LogP contribution in [0.3, 0.4) is 0 Å². The molecule has 0 aliphatic heterocycles. The van der Waals surface area contributed by atoms with Gasteiger partial charge in [0.05, 0.1) is 23.2 Å². The van der Waals surface area contributed by atoms with Gasteiger partial charge >= 0.3 is 0 Å². The monoisotopic (exact) mass is 416 g/mol. The molecular formula is C20H18F2N4O2S. The van der Waals surface area contributed by atoms with E-state index in [9.17, 15) is 12.8 Å². The maximum absolute atomic E-state index is 15.2. The summed E-state index contributed by atoms with van der Waals surface area (Å²) in [5.41, 5.74) is 1.02. The van der Waals surface area contributed by atoms with E-state index in [1.165, 1.54) is 0 Å². The van der Waals surface area contributed by atoms with Crippen molar-refractivity contribution in [3.05, 3.63) is 53.9 Å². The van der Waals surface area contributed by atoms with Crippen molar-refractivity contribution >= 4 is 37.5 Å². The van der Waals surface area contributed by atoms with E-state index in [-0.39, 0.29) is 17.0 Å². The summed E-state index contributed by atoms with van der Waals surface area (Å²) in [4.78, 5) is 4.27. The first-order valence-electron chi connectivity index (χ1n) is 9.02. The minimum absolute atomic E-state index is 0.152. The molecule has 2 aromatic heterocycles. The topological polar surface area (TPSA) is 87.7 Å². The molecule has 29 heavy (non-hydrogen) atoms. The SMILES string of the molecule is CCCS(=O)(=O)Nc1ccc(F)c(-c2cc3cnc4[nH]ncc4c3cc2C)c1F. The van der Waals surface area contributed by atoms with Crippen molar-refractivity contribution in [2.45, 2.75) is 20.3 Å². The van der Waals surface area contributed by atoms with Crippen LogP contribution in [0.2, 0.25) is 0 Å². The van der Waals surface area contributed by atoms with Crippen LogP contribution in [-0.4, -0.2) is 29.4 Å². The van der Waals surface area contributed by atoms with Crippen LogP contribution < -0.4 is 4.72 Å². The van der Waals surface area contributed by atoms with Crippen molar-refractivity contribution in [3.8, 4) is 11.1 Å². The molecule has 0 amide bonds. The highest BCUT2D eigenvalue weighted by Gasteiger charge is 2.21. The van der Waals surface area contributed by atoms with Crippen LogP contribution in [0.4, 0.5) is 14.5 Å². The molecule has 4 aromatic rings. The zero-order chi connectivity index (χ0) is 20.8. The van der Waals surface area contributed by atoms with Gasteiger partial charge in [-0.2, -0.15) is 5.10 Å². The molecule has 2 N–H and O–H groups in total. The van der Waals surface area contributed by atoms with E-state index in [0.29, 0.717) is 28.6 Å². The van der Waals surface area contributed by atoms with Gasteiger partial charge < -0.3 is 0 Å². The highest BCUT2D eigenvalue weighted by molar-refractivity contribution is 7.92. The molecule has 0 unspecified atom stereocenters. The van der Waals surface area contributed by atoms with Gasteiger partial charge in [0.15, 0.2) is 11.5 Å². The highest BCUT2D eigenvalue weighted by atomic mass is 32.2. The molecule has 6 nitrogen and oxygen atoms in total. The van der Waals surface area contributed by atoms with Crippen molar-refractivity contribution in [2.24, 2.45) is 0 Å².